The van der Waals surface area contributed by atoms with Gasteiger partial charge in [0.15, 0.2) is 5.82 Å². The molecule has 0 saturated carbocycles. The first-order valence-corrected chi connectivity index (χ1v) is 5.21. The molecule has 0 aliphatic carbocycles. The predicted octanol–water partition coefficient (Wildman–Crippen LogP) is 1.02. The van der Waals surface area contributed by atoms with Gasteiger partial charge in [0.1, 0.15) is 18.1 Å². The SMILES string of the molecule is Cc1nc(-c2n[nH]c(C)c2Cl)n(CC(=O)O)n1. The zero-order chi connectivity index (χ0) is 12.6. The van der Waals surface area contributed by atoms with Crippen LogP contribution in [0.5, 0.6) is 0 Å². The van der Waals surface area contributed by atoms with E-state index in [1.54, 1.807) is 13.8 Å². The number of rotatable bonds is 3. The van der Waals surface area contributed by atoms with Crippen molar-refractivity contribution in [1.82, 2.24) is 25.0 Å². The first-order chi connectivity index (χ1) is 7.99. The van der Waals surface area contributed by atoms with E-state index < -0.39 is 5.97 Å². The predicted molar refractivity (Wildman–Crippen MR) is 59.7 cm³/mol. The normalized spacial score (nSPS) is 10.8. The van der Waals surface area contributed by atoms with Crippen molar-refractivity contribution in [3.63, 3.8) is 0 Å². The zero-order valence-electron chi connectivity index (χ0n) is 9.23. The van der Waals surface area contributed by atoms with Gasteiger partial charge in [-0.25, -0.2) is 9.67 Å². The lowest BCUT2D eigenvalue weighted by Crippen LogP contribution is -2.11. The molecule has 0 bridgehead atoms. The number of halogens is 1. The third kappa shape index (κ3) is 2.14. The number of aryl methyl sites for hydroxylation is 2. The highest BCUT2D eigenvalue weighted by Crippen LogP contribution is 2.26. The highest BCUT2D eigenvalue weighted by molar-refractivity contribution is 6.33. The summed E-state index contributed by atoms with van der Waals surface area (Å²) in [5, 5.41) is 19.9. The Labute approximate surface area is 101 Å². The van der Waals surface area contributed by atoms with E-state index in [9.17, 15) is 4.79 Å². The molecule has 17 heavy (non-hydrogen) atoms. The van der Waals surface area contributed by atoms with Crippen LogP contribution in [-0.4, -0.2) is 36.0 Å². The molecule has 0 atom stereocenters. The minimum atomic E-state index is -1.00. The van der Waals surface area contributed by atoms with Gasteiger partial charge in [0.05, 0.1) is 10.7 Å². The molecule has 2 heterocycles. The van der Waals surface area contributed by atoms with Crippen LogP contribution in [0.15, 0.2) is 0 Å². The number of nitrogens with one attached hydrogen (secondary N) is 1. The van der Waals surface area contributed by atoms with E-state index in [1.807, 2.05) is 0 Å². The molecule has 0 aliphatic heterocycles. The fraction of sp³-hybridized carbons (Fsp3) is 0.333. The third-order valence-corrected chi connectivity index (χ3v) is 2.61. The van der Waals surface area contributed by atoms with Crippen LogP contribution in [-0.2, 0) is 11.3 Å². The molecule has 0 amide bonds. The summed E-state index contributed by atoms with van der Waals surface area (Å²) in [5.74, 6) is -0.184. The Bertz CT molecular complexity index is 574. The maximum Gasteiger partial charge on any atom is 0.325 e. The van der Waals surface area contributed by atoms with Crippen LogP contribution < -0.4 is 0 Å². The van der Waals surface area contributed by atoms with Gasteiger partial charge >= 0.3 is 5.97 Å². The summed E-state index contributed by atoms with van der Waals surface area (Å²) in [7, 11) is 0. The number of aromatic amines is 1. The molecule has 0 aliphatic rings. The van der Waals surface area contributed by atoms with E-state index in [4.69, 9.17) is 16.7 Å². The van der Waals surface area contributed by atoms with Crippen molar-refractivity contribution < 1.29 is 9.90 Å². The molecule has 2 rings (SSSR count). The Morgan fingerprint density at radius 1 is 1.53 bits per heavy atom. The van der Waals surface area contributed by atoms with Gasteiger partial charge in [-0.1, -0.05) is 11.6 Å². The van der Waals surface area contributed by atoms with Crippen LogP contribution in [0, 0.1) is 13.8 Å². The fourth-order valence-electron chi connectivity index (χ4n) is 1.43. The van der Waals surface area contributed by atoms with Gasteiger partial charge in [-0.15, -0.1) is 0 Å². The molecule has 0 unspecified atom stereocenters. The quantitative estimate of drug-likeness (QED) is 0.854. The highest BCUT2D eigenvalue weighted by Gasteiger charge is 2.18. The molecule has 7 nitrogen and oxygen atoms in total. The van der Waals surface area contributed by atoms with E-state index in [0.29, 0.717) is 28.1 Å². The minimum absolute atomic E-state index is 0.279. The smallest absolute Gasteiger partial charge is 0.325 e. The van der Waals surface area contributed by atoms with Crippen molar-refractivity contribution in [2.24, 2.45) is 0 Å². The maximum atomic E-state index is 10.7. The van der Waals surface area contributed by atoms with Gasteiger partial charge in [0.2, 0.25) is 0 Å². The summed E-state index contributed by atoms with van der Waals surface area (Å²) in [6, 6.07) is 0. The zero-order valence-corrected chi connectivity index (χ0v) is 9.99. The van der Waals surface area contributed by atoms with E-state index in [2.05, 4.69) is 20.3 Å². The number of hydrogen-bond acceptors (Lipinski definition) is 4. The molecule has 0 spiro atoms. The first kappa shape index (κ1) is 11.6. The molecule has 2 N–H and O–H groups in total. The van der Waals surface area contributed by atoms with Crippen LogP contribution in [0.3, 0.4) is 0 Å². The first-order valence-electron chi connectivity index (χ1n) is 4.83. The van der Waals surface area contributed by atoms with E-state index >= 15 is 0 Å². The van der Waals surface area contributed by atoms with Gasteiger partial charge in [0.25, 0.3) is 0 Å². The molecule has 0 fully saturated rings. The fourth-order valence-corrected chi connectivity index (χ4v) is 1.60. The molecule has 0 aromatic carbocycles. The largest absolute Gasteiger partial charge is 0.480 e. The molecule has 8 heteroatoms. The maximum absolute atomic E-state index is 10.7. The van der Waals surface area contributed by atoms with Gasteiger partial charge in [-0.2, -0.15) is 10.2 Å². The number of carbonyl (C=O) groups is 1. The monoisotopic (exact) mass is 255 g/mol. The average Bonchev–Trinajstić information content (AvgIpc) is 2.72. The Morgan fingerprint density at radius 2 is 2.24 bits per heavy atom. The topological polar surface area (TPSA) is 96.7 Å². The standard InChI is InChI=1S/C9H10ClN5O2/c1-4-7(10)8(13-12-4)9-11-5(2)14-15(9)3-6(16)17/h3H2,1-2H3,(H,12,13)(H,16,17). The van der Waals surface area contributed by atoms with Crippen LogP contribution in [0.2, 0.25) is 5.02 Å². The number of aliphatic carboxylic acids is 1. The molecule has 90 valence electrons. The summed E-state index contributed by atoms with van der Waals surface area (Å²) in [5.41, 5.74) is 1.11. The molecular formula is C9H10ClN5O2. The second kappa shape index (κ2) is 4.17. The van der Waals surface area contributed by atoms with Crippen LogP contribution in [0.1, 0.15) is 11.5 Å². The van der Waals surface area contributed by atoms with Crippen molar-refractivity contribution in [2.45, 2.75) is 20.4 Å². The lowest BCUT2D eigenvalue weighted by atomic mass is 10.3. The second-order valence-electron chi connectivity index (χ2n) is 3.55. The number of aromatic nitrogens is 5. The number of carboxylic acid groups (broad SMARTS) is 1. The van der Waals surface area contributed by atoms with Crippen LogP contribution in [0.25, 0.3) is 11.5 Å². The highest BCUT2D eigenvalue weighted by atomic mass is 35.5. The summed E-state index contributed by atoms with van der Waals surface area (Å²) < 4.78 is 1.26. The summed E-state index contributed by atoms with van der Waals surface area (Å²) in [4.78, 5) is 14.8. The van der Waals surface area contributed by atoms with E-state index in [0.717, 1.165) is 0 Å². The van der Waals surface area contributed by atoms with Crippen molar-refractivity contribution in [3.05, 3.63) is 16.5 Å². The Balaban J connectivity index is 2.51. The molecule has 2 aromatic rings. The second-order valence-corrected chi connectivity index (χ2v) is 3.92. The third-order valence-electron chi connectivity index (χ3n) is 2.15. The summed E-state index contributed by atoms with van der Waals surface area (Å²) >= 11 is 6.04. The Kier molecular flexibility index (Phi) is 2.84. The minimum Gasteiger partial charge on any atom is -0.480 e. The molecule has 0 saturated heterocycles. The van der Waals surface area contributed by atoms with Crippen molar-refractivity contribution in [2.75, 3.05) is 0 Å². The lowest BCUT2D eigenvalue weighted by molar-refractivity contribution is -0.137. The van der Waals surface area contributed by atoms with Crippen LogP contribution >= 0.6 is 11.6 Å². The van der Waals surface area contributed by atoms with E-state index in [-0.39, 0.29) is 6.54 Å². The van der Waals surface area contributed by atoms with Gasteiger partial charge in [-0.05, 0) is 13.8 Å². The van der Waals surface area contributed by atoms with Gasteiger partial charge in [-0.3, -0.25) is 9.89 Å². The number of H-pyrrole nitrogens is 1. The number of nitrogens with zero attached hydrogens (tertiary/aromatic N) is 4. The molecule has 2 aromatic heterocycles. The van der Waals surface area contributed by atoms with Crippen molar-refractivity contribution >= 4 is 17.6 Å². The van der Waals surface area contributed by atoms with E-state index in [1.165, 1.54) is 4.68 Å². The van der Waals surface area contributed by atoms with Crippen molar-refractivity contribution in [1.29, 1.82) is 0 Å². The Morgan fingerprint density at radius 3 is 2.76 bits per heavy atom. The molecular weight excluding hydrogens is 246 g/mol. The lowest BCUT2D eigenvalue weighted by Gasteiger charge is -2.00. The molecule has 0 radical (unpaired) electrons. The summed E-state index contributed by atoms with van der Waals surface area (Å²) in [6.45, 7) is 3.16. The Hall–Kier alpha value is -1.89. The van der Waals surface area contributed by atoms with Crippen LogP contribution in [0.4, 0.5) is 0 Å². The summed E-state index contributed by atoms with van der Waals surface area (Å²) in [6.07, 6.45) is 0. The van der Waals surface area contributed by atoms with Gasteiger partial charge < -0.3 is 5.11 Å². The number of hydrogen-bond donors (Lipinski definition) is 2. The van der Waals surface area contributed by atoms with Gasteiger partial charge in [0, 0.05) is 0 Å². The van der Waals surface area contributed by atoms with Crippen molar-refractivity contribution in [3.8, 4) is 11.5 Å². The average molecular weight is 256 g/mol. The number of carboxylic acids is 1.